The van der Waals surface area contributed by atoms with Gasteiger partial charge in [-0.2, -0.15) is 13.2 Å². The van der Waals surface area contributed by atoms with Crippen LogP contribution >= 0.6 is 11.6 Å². The summed E-state index contributed by atoms with van der Waals surface area (Å²) in [4.78, 5) is 12.9. The first-order valence-corrected chi connectivity index (χ1v) is 14.9. The molecule has 1 heterocycles. The molecule has 0 spiro atoms. The number of carbonyl (C=O) groups excluding carboxylic acids is 1. The highest BCUT2D eigenvalue weighted by Gasteiger charge is 2.36. The molecule has 1 aliphatic rings. The van der Waals surface area contributed by atoms with Gasteiger partial charge in [-0.1, -0.05) is 23.7 Å². The summed E-state index contributed by atoms with van der Waals surface area (Å²) in [6.45, 7) is -0.448. The second kappa shape index (κ2) is 11.4. The van der Waals surface area contributed by atoms with Crippen LogP contribution < -0.4 is 15.5 Å². The summed E-state index contributed by atoms with van der Waals surface area (Å²) in [5.41, 5.74) is 0.412. The Labute approximate surface area is 244 Å². The molecule has 0 bridgehead atoms. The van der Waals surface area contributed by atoms with E-state index < -0.39 is 46.6 Å². The largest absolute Gasteiger partial charge is 0.489 e. The molecule has 4 N–H and O–H groups in total. The van der Waals surface area contributed by atoms with Crippen molar-refractivity contribution < 1.29 is 40.8 Å². The van der Waals surface area contributed by atoms with Crippen LogP contribution in [0.2, 0.25) is 5.02 Å². The number of sulfonamides is 1. The van der Waals surface area contributed by atoms with Crippen LogP contribution in [-0.4, -0.2) is 38.5 Å². The number of alkyl halides is 3. The van der Waals surface area contributed by atoms with Gasteiger partial charge in [-0.15, -0.1) is 0 Å². The van der Waals surface area contributed by atoms with Crippen molar-refractivity contribution in [2.24, 2.45) is 0 Å². The van der Waals surface area contributed by atoms with Crippen LogP contribution in [0.25, 0.3) is 22.3 Å². The number of nitrogens with one attached hydrogen (secondary N) is 2. The Morgan fingerprint density at radius 1 is 1.10 bits per heavy atom. The van der Waals surface area contributed by atoms with Crippen LogP contribution in [0.5, 0.6) is 0 Å². The average Bonchev–Trinajstić information content (AvgIpc) is 3.71. The molecule has 4 aromatic rings. The highest BCUT2D eigenvalue weighted by Crippen LogP contribution is 2.45. The average molecular weight is 621 g/mol. The van der Waals surface area contributed by atoms with Crippen LogP contribution in [0.3, 0.4) is 0 Å². The molecule has 1 aromatic heterocycles. The molecule has 1 aliphatic carbocycles. The summed E-state index contributed by atoms with van der Waals surface area (Å²) in [6.07, 6.45) is -3.19. The number of furan rings is 1. The molecule has 14 heteroatoms. The van der Waals surface area contributed by atoms with Gasteiger partial charge in [-0.25, -0.2) is 13.1 Å². The third-order valence-electron chi connectivity index (χ3n) is 7.07. The second-order valence-electron chi connectivity index (χ2n) is 10.1. The quantitative estimate of drug-likeness (QED) is 0.207. The third-order valence-corrected chi connectivity index (χ3v) is 8.60. The van der Waals surface area contributed by atoms with Gasteiger partial charge in [0, 0.05) is 29.6 Å². The van der Waals surface area contributed by atoms with Gasteiger partial charge in [-0.05, 0) is 83.4 Å². The molecule has 3 aromatic carbocycles. The van der Waals surface area contributed by atoms with Gasteiger partial charge >= 0.3 is 13.3 Å². The van der Waals surface area contributed by atoms with Crippen molar-refractivity contribution in [3.8, 4) is 11.3 Å². The molecule has 0 saturated heterocycles. The van der Waals surface area contributed by atoms with E-state index in [9.17, 15) is 36.4 Å². The minimum absolute atomic E-state index is 0.0120. The first-order valence-electron chi connectivity index (χ1n) is 12.9. The van der Waals surface area contributed by atoms with Crippen LogP contribution in [0.15, 0.2) is 59.0 Å². The van der Waals surface area contributed by atoms with Gasteiger partial charge in [0.1, 0.15) is 11.3 Å². The predicted octanol–water partition coefficient (Wildman–Crippen LogP) is 4.31. The number of carbonyl (C=O) groups is 1. The van der Waals surface area contributed by atoms with Crippen molar-refractivity contribution in [1.29, 1.82) is 0 Å². The van der Waals surface area contributed by atoms with E-state index in [4.69, 9.17) is 16.0 Å². The minimum atomic E-state index is -4.87. The van der Waals surface area contributed by atoms with Crippen LogP contribution in [0.4, 0.5) is 13.2 Å². The van der Waals surface area contributed by atoms with E-state index in [1.54, 1.807) is 36.4 Å². The molecule has 8 nitrogen and oxygen atoms in total. The molecule has 1 saturated carbocycles. The summed E-state index contributed by atoms with van der Waals surface area (Å²) >= 11 is 6.02. The van der Waals surface area contributed by atoms with Crippen LogP contribution in [0.1, 0.15) is 51.4 Å². The smallest absolute Gasteiger partial charge is 0.455 e. The van der Waals surface area contributed by atoms with E-state index in [0.29, 0.717) is 44.5 Å². The van der Waals surface area contributed by atoms with E-state index >= 15 is 0 Å². The molecule has 0 aliphatic heterocycles. The minimum Gasteiger partial charge on any atom is -0.455 e. The summed E-state index contributed by atoms with van der Waals surface area (Å²) in [6, 6.07) is 12.9. The Morgan fingerprint density at radius 2 is 1.79 bits per heavy atom. The van der Waals surface area contributed by atoms with Crippen LogP contribution in [-0.2, 0) is 28.5 Å². The molecular weight excluding hydrogens is 596 g/mol. The van der Waals surface area contributed by atoms with Crippen LogP contribution in [0, 0.1) is 0 Å². The molecule has 0 unspecified atom stereocenters. The van der Waals surface area contributed by atoms with E-state index in [1.807, 2.05) is 0 Å². The Kier molecular flexibility index (Phi) is 8.16. The molecule has 0 radical (unpaired) electrons. The van der Waals surface area contributed by atoms with Gasteiger partial charge in [0.15, 0.2) is 0 Å². The monoisotopic (exact) mass is 620 g/mol. The predicted molar refractivity (Wildman–Crippen MR) is 153 cm³/mol. The summed E-state index contributed by atoms with van der Waals surface area (Å²) < 4.78 is 75.0. The van der Waals surface area contributed by atoms with Gasteiger partial charge < -0.3 is 19.8 Å². The zero-order valence-corrected chi connectivity index (χ0v) is 23.7. The van der Waals surface area contributed by atoms with Crippen molar-refractivity contribution in [3.05, 3.63) is 87.4 Å². The van der Waals surface area contributed by atoms with Gasteiger partial charge in [0.2, 0.25) is 10.0 Å². The van der Waals surface area contributed by atoms with E-state index in [1.165, 1.54) is 13.1 Å². The first kappa shape index (κ1) is 30.1. The van der Waals surface area contributed by atoms with E-state index in [2.05, 4.69) is 10.0 Å². The van der Waals surface area contributed by atoms with Gasteiger partial charge in [-0.3, -0.25) is 4.79 Å². The highest BCUT2D eigenvalue weighted by atomic mass is 35.5. The molecule has 1 fully saturated rings. The number of halogens is 4. The molecular formula is C28H25BClF3N2O6S. The summed E-state index contributed by atoms with van der Waals surface area (Å²) in [5.74, 6) is -0.447. The zero-order chi connectivity index (χ0) is 30.4. The second-order valence-corrected chi connectivity index (χ2v) is 12.3. The van der Waals surface area contributed by atoms with Gasteiger partial charge in [0.05, 0.1) is 16.9 Å². The van der Waals surface area contributed by atoms with E-state index in [-0.39, 0.29) is 17.4 Å². The van der Waals surface area contributed by atoms with Crippen molar-refractivity contribution in [2.45, 2.75) is 37.2 Å². The summed E-state index contributed by atoms with van der Waals surface area (Å²) in [5, 5.41) is 22.2. The molecule has 5 rings (SSSR count). The molecule has 42 heavy (non-hydrogen) atoms. The molecule has 220 valence electrons. The van der Waals surface area contributed by atoms with Crippen molar-refractivity contribution in [2.75, 3.05) is 7.05 Å². The first-order chi connectivity index (χ1) is 19.8. The Hall–Kier alpha value is -3.36. The number of hydrogen-bond donors (Lipinski definition) is 4. The maximum atomic E-state index is 13.4. The maximum absolute atomic E-state index is 13.4. The standard InChI is InChI=1S/C28H25BClF3N2O6S/c1-34-27(36)25-21-12-20(16-3-4-16)18(11-24(21)41-26(25)17-5-7-19(30)8-6-17)14-42(39,40)35-13-15-2-9-23(29(37)38)22(10-15)28(31,32)33/h2,5-12,16,35,37-38H,3-4,13-14H2,1H3,(H,34,36). The highest BCUT2D eigenvalue weighted by molar-refractivity contribution is 7.88. The van der Waals surface area contributed by atoms with E-state index in [0.717, 1.165) is 24.5 Å². The Morgan fingerprint density at radius 3 is 2.38 bits per heavy atom. The lowest BCUT2D eigenvalue weighted by molar-refractivity contribution is -0.136. The number of fused-ring (bicyclic) bond motifs is 1. The van der Waals surface area contributed by atoms with Gasteiger partial charge in [0.25, 0.3) is 5.91 Å². The lowest BCUT2D eigenvalue weighted by Gasteiger charge is -2.15. The summed E-state index contributed by atoms with van der Waals surface area (Å²) in [7, 11) is -4.89. The maximum Gasteiger partial charge on any atom is 0.489 e. The van der Waals surface area contributed by atoms with Crippen molar-refractivity contribution in [1.82, 2.24) is 10.0 Å². The SMILES string of the molecule is CNC(=O)c1c(-c2ccc(Cl)cc2)oc2cc(CS(=O)(=O)NCc3ccc(B(O)O)c(C(F)(F)F)c3)c(C3CC3)cc12. The normalized spacial score (nSPS) is 13.9. The number of hydrogen-bond acceptors (Lipinski definition) is 6. The zero-order valence-electron chi connectivity index (χ0n) is 22.1. The topological polar surface area (TPSA) is 129 Å². The fourth-order valence-corrected chi connectivity index (χ4v) is 6.16. The van der Waals surface area contributed by atoms with Crippen molar-refractivity contribution in [3.63, 3.8) is 0 Å². The fraction of sp³-hybridized carbons (Fsp3) is 0.250. The fourth-order valence-electron chi connectivity index (χ4n) is 4.89. The molecule has 1 amide bonds. The lowest BCUT2D eigenvalue weighted by atomic mass is 9.76. The Bertz CT molecular complexity index is 1770. The third kappa shape index (κ3) is 6.35. The lowest BCUT2D eigenvalue weighted by Crippen LogP contribution is -2.36. The molecule has 0 atom stereocenters. The van der Waals surface area contributed by atoms with Crippen molar-refractivity contribution >= 4 is 51.1 Å². The number of amides is 1. The Balaban J connectivity index is 1.48. The number of rotatable bonds is 9. The number of benzene rings is 3.